The van der Waals surface area contributed by atoms with Crippen LogP contribution in [0.3, 0.4) is 0 Å². The zero-order valence-electron chi connectivity index (χ0n) is 18.2. The Balaban J connectivity index is 1.64. The number of nitrogens with one attached hydrogen (secondary N) is 2. The Morgan fingerprint density at radius 2 is 1.76 bits per heavy atom. The maximum atomic E-state index is 13.5. The van der Waals surface area contributed by atoms with Gasteiger partial charge in [0.25, 0.3) is 5.91 Å². The molecule has 8 nitrogen and oxygen atoms in total. The van der Waals surface area contributed by atoms with E-state index in [0.29, 0.717) is 34.5 Å². The second-order valence-electron chi connectivity index (χ2n) is 7.57. The third-order valence-electron chi connectivity index (χ3n) is 5.50. The lowest BCUT2D eigenvalue weighted by molar-refractivity contribution is -0.113. The molecular formula is C25H22N6O2. The molecule has 0 saturated carbocycles. The molecular weight excluding hydrogens is 416 g/mol. The third kappa shape index (κ3) is 3.82. The van der Waals surface area contributed by atoms with Crippen LogP contribution in [0.1, 0.15) is 18.5 Å². The van der Waals surface area contributed by atoms with Crippen LogP contribution in [-0.2, 0) is 4.79 Å². The van der Waals surface area contributed by atoms with E-state index in [4.69, 9.17) is 9.84 Å². The standard InChI is InChI=1S/C25H22N6O2/c1-16-21(24(32)28-18-8-4-3-5-9-18)22(19-10-6-7-11-20(19)33-2)31-25(27-16)29-23(30-31)17-12-14-26-15-13-17/h3-15,22H,1-2H3,(H,28,32)(H,27,29,30). The summed E-state index contributed by atoms with van der Waals surface area (Å²) in [5, 5.41) is 11.0. The minimum absolute atomic E-state index is 0.228. The lowest BCUT2D eigenvalue weighted by atomic mass is 9.94. The molecule has 0 radical (unpaired) electrons. The first kappa shape index (κ1) is 20.4. The van der Waals surface area contributed by atoms with Crippen molar-refractivity contribution in [1.29, 1.82) is 0 Å². The summed E-state index contributed by atoms with van der Waals surface area (Å²) >= 11 is 0. The molecule has 2 N–H and O–H groups in total. The second kappa shape index (κ2) is 8.58. The van der Waals surface area contributed by atoms with E-state index in [1.165, 1.54) is 0 Å². The van der Waals surface area contributed by atoms with Crippen LogP contribution in [0.2, 0.25) is 0 Å². The molecule has 164 valence electrons. The SMILES string of the molecule is COc1ccccc1C1C(C(=O)Nc2ccccc2)=C(C)Nc2nc(-c3ccncc3)nn21. The zero-order chi connectivity index (χ0) is 22.8. The van der Waals surface area contributed by atoms with Crippen molar-refractivity contribution in [3.8, 4) is 17.1 Å². The van der Waals surface area contributed by atoms with Gasteiger partial charge in [0.2, 0.25) is 5.95 Å². The molecule has 2 aromatic carbocycles. The Hall–Kier alpha value is -4.46. The number of allylic oxidation sites excluding steroid dienone is 1. The summed E-state index contributed by atoms with van der Waals surface area (Å²) in [5.41, 5.74) is 3.58. The molecule has 0 fully saturated rings. The highest BCUT2D eigenvalue weighted by Gasteiger charge is 2.36. The van der Waals surface area contributed by atoms with Crippen LogP contribution in [0.4, 0.5) is 11.6 Å². The van der Waals surface area contributed by atoms with Gasteiger partial charge in [0, 0.05) is 34.9 Å². The number of hydrogen-bond acceptors (Lipinski definition) is 6. The van der Waals surface area contributed by atoms with Gasteiger partial charge >= 0.3 is 0 Å². The Labute approximate surface area is 191 Å². The fraction of sp³-hybridized carbons (Fsp3) is 0.120. The van der Waals surface area contributed by atoms with E-state index in [1.807, 2.05) is 73.7 Å². The number of aromatic nitrogens is 4. The highest BCUT2D eigenvalue weighted by molar-refractivity contribution is 6.06. The topological polar surface area (TPSA) is 94.0 Å². The van der Waals surface area contributed by atoms with Crippen LogP contribution < -0.4 is 15.4 Å². The van der Waals surface area contributed by atoms with Crippen LogP contribution >= 0.6 is 0 Å². The van der Waals surface area contributed by atoms with Crippen molar-refractivity contribution >= 4 is 17.5 Å². The first-order valence-electron chi connectivity index (χ1n) is 10.5. The number of pyridine rings is 1. The number of hydrogen-bond donors (Lipinski definition) is 2. The Morgan fingerprint density at radius 1 is 1.03 bits per heavy atom. The number of ether oxygens (including phenoxy) is 1. The Morgan fingerprint density at radius 3 is 2.52 bits per heavy atom. The van der Waals surface area contributed by atoms with Crippen molar-refractivity contribution in [2.45, 2.75) is 13.0 Å². The first-order valence-corrected chi connectivity index (χ1v) is 10.5. The van der Waals surface area contributed by atoms with E-state index in [2.05, 4.69) is 20.6 Å². The monoisotopic (exact) mass is 438 g/mol. The first-order chi connectivity index (χ1) is 16.2. The van der Waals surface area contributed by atoms with Crippen LogP contribution in [-0.4, -0.2) is 32.8 Å². The molecule has 0 aliphatic carbocycles. The van der Waals surface area contributed by atoms with Crippen molar-refractivity contribution in [1.82, 2.24) is 19.7 Å². The summed E-state index contributed by atoms with van der Waals surface area (Å²) in [7, 11) is 1.62. The lowest BCUT2D eigenvalue weighted by Gasteiger charge is -2.29. The molecule has 33 heavy (non-hydrogen) atoms. The average molecular weight is 438 g/mol. The molecule has 1 atom stereocenters. The number of amides is 1. The largest absolute Gasteiger partial charge is 0.496 e. The van der Waals surface area contributed by atoms with Crippen molar-refractivity contribution in [3.05, 3.63) is 96.0 Å². The number of rotatable bonds is 5. The number of carbonyl (C=O) groups excluding carboxylic acids is 1. The van der Waals surface area contributed by atoms with Crippen molar-refractivity contribution in [2.75, 3.05) is 17.7 Å². The van der Waals surface area contributed by atoms with Gasteiger partial charge in [-0.05, 0) is 37.3 Å². The fourth-order valence-electron chi connectivity index (χ4n) is 3.97. The Bertz CT molecular complexity index is 1330. The number of para-hydroxylation sites is 2. The summed E-state index contributed by atoms with van der Waals surface area (Å²) in [6.45, 7) is 1.87. The summed E-state index contributed by atoms with van der Waals surface area (Å²) < 4.78 is 7.38. The molecule has 0 bridgehead atoms. The molecule has 0 spiro atoms. The van der Waals surface area contributed by atoms with Crippen molar-refractivity contribution in [3.63, 3.8) is 0 Å². The normalized spacial score (nSPS) is 14.9. The highest BCUT2D eigenvalue weighted by Crippen LogP contribution is 2.40. The van der Waals surface area contributed by atoms with Gasteiger partial charge < -0.3 is 15.4 Å². The molecule has 3 heterocycles. The maximum Gasteiger partial charge on any atom is 0.255 e. The molecule has 1 aliphatic heterocycles. The van der Waals surface area contributed by atoms with E-state index in [0.717, 1.165) is 11.1 Å². The number of anilines is 2. The lowest BCUT2D eigenvalue weighted by Crippen LogP contribution is -2.31. The molecule has 1 unspecified atom stereocenters. The van der Waals surface area contributed by atoms with Crippen LogP contribution in [0.15, 0.2) is 90.4 Å². The van der Waals surface area contributed by atoms with E-state index in [1.54, 1.807) is 24.2 Å². The average Bonchev–Trinajstić information content (AvgIpc) is 3.28. The van der Waals surface area contributed by atoms with Gasteiger partial charge in [0.15, 0.2) is 5.82 Å². The van der Waals surface area contributed by atoms with Crippen LogP contribution in [0.25, 0.3) is 11.4 Å². The molecule has 5 rings (SSSR count). The van der Waals surface area contributed by atoms with E-state index in [-0.39, 0.29) is 5.91 Å². The van der Waals surface area contributed by atoms with E-state index in [9.17, 15) is 4.79 Å². The van der Waals surface area contributed by atoms with E-state index >= 15 is 0 Å². The minimum atomic E-state index is -0.538. The van der Waals surface area contributed by atoms with Gasteiger partial charge in [-0.25, -0.2) is 4.68 Å². The van der Waals surface area contributed by atoms with Crippen LogP contribution in [0.5, 0.6) is 5.75 Å². The van der Waals surface area contributed by atoms with Gasteiger partial charge in [-0.3, -0.25) is 9.78 Å². The van der Waals surface area contributed by atoms with Gasteiger partial charge in [-0.2, -0.15) is 4.98 Å². The fourth-order valence-corrected chi connectivity index (χ4v) is 3.97. The minimum Gasteiger partial charge on any atom is -0.496 e. The van der Waals surface area contributed by atoms with E-state index < -0.39 is 6.04 Å². The third-order valence-corrected chi connectivity index (χ3v) is 5.50. The number of methoxy groups -OCH3 is 1. The molecule has 1 aliphatic rings. The second-order valence-corrected chi connectivity index (χ2v) is 7.57. The molecule has 4 aromatic rings. The molecule has 0 saturated heterocycles. The number of carbonyl (C=O) groups is 1. The zero-order valence-corrected chi connectivity index (χ0v) is 18.2. The van der Waals surface area contributed by atoms with Crippen molar-refractivity contribution < 1.29 is 9.53 Å². The predicted molar refractivity (Wildman–Crippen MR) is 126 cm³/mol. The highest BCUT2D eigenvalue weighted by atomic mass is 16.5. The molecule has 1 amide bonds. The summed E-state index contributed by atoms with van der Waals surface area (Å²) in [4.78, 5) is 22.3. The van der Waals surface area contributed by atoms with Gasteiger partial charge in [-0.1, -0.05) is 36.4 Å². The number of nitrogens with zero attached hydrogens (tertiary/aromatic N) is 4. The van der Waals surface area contributed by atoms with Crippen molar-refractivity contribution in [2.24, 2.45) is 0 Å². The molecule has 8 heteroatoms. The van der Waals surface area contributed by atoms with Gasteiger partial charge in [0.05, 0.1) is 12.7 Å². The predicted octanol–water partition coefficient (Wildman–Crippen LogP) is 4.28. The van der Waals surface area contributed by atoms with Crippen LogP contribution in [0, 0.1) is 0 Å². The summed E-state index contributed by atoms with van der Waals surface area (Å²) in [6, 6.07) is 20.2. The summed E-state index contributed by atoms with van der Waals surface area (Å²) in [5.74, 6) is 1.52. The quantitative estimate of drug-likeness (QED) is 0.483. The maximum absolute atomic E-state index is 13.5. The number of benzene rings is 2. The molecule has 2 aromatic heterocycles. The summed E-state index contributed by atoms with van der Waals surface area (Å²) in [6.07, 6.45) is 3.39. The Kier molecular flexibility index (Phi) is 5.32. The van der Waals surface area contributed by atoms with Gasteiger partial charge in [0.1, 0.15) is 11.8 Å². The van der Waals surface area contributed by atoms with Gasteiger partial charge in [-0.15, -0.1) is 5.10 Å². The smallest absolute Gasteiger partial charge is 0.255 e. The number of fused-ring (bicyclic) bond motifs is 1.